The van der Waals surface area contributed by atoms with Crippen molar-refractivity contribution in [1.82, 2.24) is 0 Å². The highest BCUT2D eigenvalue weighted by molar-refractivity contribution is 6.06. The van der Waals surface area contributed by atoms with Crippen molar-refractivity contribution < 1.29 is 31.5 Å². The maximum atomic E-state index is 13.9. The van der Waals surface area contributed by atoms with Crippen LogP contribution in [-0.2, 0) is 6.18 Å². The second kappa shape index (κ2) is 7.67. The molecule has 0 saturated carbocycles. The summed E-state index contributed by atoms with van der Waals surface area (Å²) in [6, 6.07) is 12.8. The molecule has 28 heavy (non-hydrogen) atoms. The van der Waals surface area contributed by atoms with Crippen molar-refractivity contribution in [3.63, 3.8) is 0 Å². The first kappa shape index (κ1) is 19.3. The Hall–Kier alpha value is -3.42. The van der Waals surface area contributed by atoms with Gasteiger partial charge in [-0.25, -0.2) is 8.78 Å². The second-order valence-electron chi connectivity index (χ2n) is 5.71. The molecule has 1 amide bonds. The van der Waals surface area contributed by atoms with E-state index >= 15 is 0 Å². The van der Waals surface area contributed by atoms with Crippen LogP contribution in [0.1, 0.15) is 15.9 Å². The van der Waals surface area contributed by atoms with E-state index in [1.54, 1.807) is 30.3 Å². The molecule has 0 heterocycles. The lowest BCUT2D eigenvalue weighted by Gasteiger charge is -2.15. The summed E-state index contributed by atoms with van der Waals surface area (Å²) >= 11 is 0. The number of halogens is 5. The number of nitrogens with one attached hydrogen (secondary N) is 1. The maximum absolute atomic E-state index is 13.9. The van der Waals surface area contributed by atoms with Gasteiger partial charge in [0.25, 0.3) is 5.91 Å². The smallest absolute Gasteiger partial charge is 0.416 e. The minimum absolute atomic E-state index is 0.249. The summed E-state index contributed by atoms with van der Waals surface area (Å²) in [5.74, 6) is -3.79. The Kier molecular flexibility index (Phi) is 5.30. The fourth-order valence-electron chi connectivity index (χ4n) is 2.37. The van der Waals surface area contributed by atoms with Crippen LogP contribution in [0.3, 0.4) is 0 Å². The quantitative estimate of drug-likeness (QED) is 0.550. The molecule has 0 aromatic heterocycles. The summed E-state index contributed by atoms with van der Waals surface area (Å²) in [6.07, 6.45) is -4.70. The Morgan fingerprint density at radius 1 is 0.857 bits per heavy atom. The van der Waals surface area contributed by atoms with Gasteiger partial charge in [-0.3, -0.25) is 4.79 Å². The van der Waals surface area contributed by atoms with Gasteiger partial charge in [-0.15, -0.1) is 0 Å². The molecule has 0 radical (unpaired) electrons. The average molecular weight is 393 g/mol. The molecule has 0 fully saturated rings. The number of ether oxygens (including phenoxy) is 1. The molecule has 0 bridgehead atoms. The Bertz CT molecular complexity index is 1000. The Morgan fingerprint density at radius 2 is 1.57 bits per heavy atom. The minimum Gasteiger partial charge on any atom is -0.453 e. The Balaban J connectivity index is 2.00. The third kappa shape index (κ3) is 4.46. The van der Waals surface area contributed by atoms with Crippen molar-refractivity contribution in [2.75, 3.05) is 5.32 Å². The second-order valence-corrected chi connectivity index (χ2v) is 5.71. The van der Waals surface area contributed by atoms with Crippen LogP contribution in [0.25, 0.3) is 0 Å². The van der Waals surface area contributed by atoms with Crippen molar-refractivity contribution in [2.24, 2.45) is 0 Å². The maximum Gasteiger partial charge on any atom is 0.416 e. The molecule has 0 aliphatic carbocycles. The van der Waals surface area contributed by atoms with Crippen molar-refractivity contribution in [3.8, 4) is 11.5 Å². The monoisotopic (exact) mass is 393 g/mol. The third-order valence-corrected chi connectivity index (χ3v) is 3.70. The predicted octanol–water partition coefficient (Wildman–Crippen LogP) is 6.03. The Morgan fingerprint density at radius 3 is 2.21 bits per heavy atom. The molecular formula is C20H12F5NO2. The molecule has 8 heteroatoms. The zero-order valence-corrected chi connectivity index (χ0v) is 14.1. The first-order chi connectivity index (χ1) is 13.2. The lowest BCUT2D eigenvalue weighted by atomic mass is 10.1. The number of amides is 1. The summed E-state index contributed by atoms with van der Waals surface area (Å²) < 4.78 is 71.2. The molecule has 0 aliphatic heterocycles. The first-order valence-corrected chi connectivity index (χ1v) is 7.94. The van der Waals surface area contributed by atoms with Crippen LogP contribution in [0.4, 0.5) is 27.6 Å². The lowest BCUT2D eigenvalue weighted by molar-refractivity contribution is -0.137. The van der Waals surface area contributed by atoms with E-state index < -0.39 is 40.8 Å². The zero-order valence-electron chi connectivity index (χ0n) is 14.1. The highest BCUT2D eigenvalue weighted by Gasteiger charge is 2.32. The summed E-state index contributed by atoms with van der Waals surface area (Å²) in [6.45, 7) is 0. The van der Waals surface area contributed by atoms with Crippen LogP contribution in [0, 0.1) is 11.6 Å². The van der Waals surface area contributed by atoms with E-state index in [4.69, 9.17) is 4.74 Å². The third-order valence-electron chi connectivity index (χ3n) is 3.70. The molecular weight excluding hydrogens is 381 g/mol. The van der Waals surface area contributed by atoms with E-state index in [1.165, 1.54) is 0 Å². The van der Waals surface area contributed by atoms with Gasteiger partial charge in [-0.1, -0.05) is 18.2 Å². The predicted molar refractivity (Wildman–Crippen MR) is 92.3 cm³/mol. The van der Waals surface area contributed by atoms with E-state index in [0.717, 1.165) is 18.2 Å². The van der Waals surface area contributed by atoms with Gasteiger partial charge < -0.3 is 10.1 Å². The van der Waals surface area contributed by atoms with Gasteiger partial charge in [-0.05, 0) is 42.5 Å². The van der Waals surface area contributed by atoms with E-state index in [9.17, 15) is 26.7 Å². The molecule has 0 unspecified atom stereocenters. The summed E-state index contributed by atoms with van der Waals surface area (Å²) in [5, 5.41) is 2.51. The number of benzene rings is 3. The molecule has 0 atom stereocenters. The molecule has 0 aliphatic rings. The number of rotatable bonds is 4. The molecule has 144 valence electrons. The van der Waals surface area contributed by atoms with Gasteiger partial charge in [0.15, 0.2) is 11.6 Å². The van der Waals surface area contributed by atoms with Crippen molar-refractivity contribution in [2.45, 2.75) is 6.18 Å². The lowest BCUT2D eigenvalue weighted by Crippen LogP contribution is -2.14. The average Bonchev–Trinajstić information content (AvgIpc) is 2.64. The fourth-order valence-corrected chi connectivity index (χ4v) is 2.37. The number of hydrogen-bond acceptors (Lipinski definition) is 2. The van der Waals surface area contributed by atoms with Crippen LogP contribution < -0.4 is 10.1 Å². The molecule has 3 aromatic carbocycles. The van der Waals surface area contributed by atoms with E-state index in [-0.39, 0.29) is 5.56 Å². The standard InChI is InChI=1S/C20H12F5NO2/c21-13-7-9-17(16(22)11-13)28-18-10-12(20(23,24)25)6-8-15(18)19(27)26-14-4-2-1-3-5-14/h1-11H,(H,26,27). The number of hydrogen-bond donors (Lipinski definition) is 1. The molecule has 3 rings (SSSR count). The van der Waals surface area contributed by atoms with Crippen LogP contribution in [0.2, 0.25) is 0 Å². The fraction of sp³-hybridized carbons (Fsp3) is 0.0500. The number of carbonyl (C=O) groups excluding carboxylic acids is 1. The van der Waals surface area contributed by atoms with Crippen LogP contribution >= 0.6 is 0 Å². The summed E-state index contributed by atoms with van der Waals surface area (Å²) in [4.78, 5) is 12.5. The van der Waals surface area contributed by atoms with Crippen LogP contribution in [-0.4, -0.2) is 5.91 Å². The van der Waals surface area contributed by atoms with Crippen LogP contribution in [0.15, 0.2) is 66.7 Å². The summed E-state index contributed by atoms with van der Waals surface area (Å²) in [5.41, 5.74) is -0.923. The van der Waals surface area contributed by atoms with Crippen molar-refractivity contribution >= 4 is 11.6 Å². The largest absolute Gasteiger partial charge is 0.453 e. The van der Waals surface area contributed by atoms with Gasteiger partial charge >= 0.3 is 6.18 Å². The normalized spacial score (nSPS) is 11.2. The zero-order chi connectivity index (χ0) is 20.3. The van der Waals surface area contributed by atoms with Gasteiger partial charge in [0.05, 0.1) is 11.1 Å². The van der Waals surface area contributed by atoms with Gasteiger partial charge in [0.1, 0.15) is 11.6 Å². The number of para-hydroxylation sites is 1. The molecule has 3 nitrogen and oxygen atoms in total. The van der Waals surface area contributed by atoms with Crippen molar-refractivity contribution in [3.05, 3.63) is 89.5 Å². The SMILES string of the molecule is O=C(Nc1ccccc1)c1ccc(C(F)(F)F)cc1Oc1ccc(F)cc1F. The van der Waals surface area contributed by atoms with Crippen molar-refractivity contribution in [1.29, 1.82) is 0 Å². The van der Waals surface area contributed by atoms with E-state index in [1.807, 2.05) is 0 Å². The van der Waals surface area contributed by atoms with Gasteiger partial charge in [0.2, 0.25) is 0 Å². The van der Waals surface area contributed by atoms with Gasteiger partial charge in [0, 0.05) is 11.8 Å². The Labute approximate surface area is 156 Å². The summed E-state index contributed by atoms with van der Waals surface area (Å²) in [7, 11) is 0. The van der Waals surface area contributed by atoms with E-state index in [2.05, 4.69) is 5.32 Å². The molecule has 0 spiro atoms. The molecule has 0 saturated heterocycles. The first-order valence-electron chi connectivity index (χ1n) is 7.94. The van der Waals surface area contributed by atoms with Gasteiger partial charge in [-0.2, -0.15) is 13.2 Å². The number of anilines is 1. The van der Waals surface area contributed by atoms with Crippen LogP contribution in [0.5, 0.6) is 11.5 Å². The highest BCUT2D eigenvalue weighted by atomic mass is 19.4. The topological polar surface area (TPSA) is 38.3 Å². The molecule has 3 aromatic rings. The minimum atomic E-state index is -4.70. The molecule has 1 N–H and O–H groups in total. The van der Waals surface area contributed by atoms with E-state index in [0.29, 0.717) is 23.9 Å². The highest BCUT2D eigenvalue weighted by Crippen LogP contribution is 2.36. The number of carbonyl (C=O) groups is 1. The number of alkyl halides is 3.